The number of hydrogen-bond acceptors (Lipinski definition) is 0. The highest BCUT2D eigenvalue weighted by molar-refractivity contribution is 6.14. The van der Waals surface area contributed by atoms with Gasteiger partial charge in [-0.2, -0.15) is 0 Å². The Hall–Kier alpha value is -3.38. The molecule has 0 aromatic heterocycles. The van der Waals surface area contributed by atoms with Crippen molar-refractivity contribution < 1.29 is 0 Å². The fourth-order valence-electron chi connectivity index (χ4n) is 5.57. The van der Waals surface area contributed by atoms with E-state index < -0.39 is 0 Å². The minimum Gasteiger partial charge on any atom is -0.0645 e. The molecule has 0 heteroatoms. The molecule has 0 N–H and O–H groups in total. The Labute approximate surface area is 158 Å². The molecule has 0 fully saturated rings. The normalized spacial score (nSPS) is 16.5. The van der Waals surface area contributed by atoms with E-state index in [0.717, 1.165) is 0 Å². The maximum atomic E-state index is 2.43. The molecule has 3 aliphatic carbocycles. The molecule has 4 aromatic rings. The predicted octanol–water partition coefficient (Wildman–Crippen LogP) is 6.58. The summed E-state index contributed by atoms with van der Waals surface area (Å²) in [5, 5.41) is 2.75. The third-order valence-corrected chi connectivity index (χ3v) is 6.61. The number of allylic oxidation sites excluding steroid dienone is 3. The number of hydrogen-bond donors (Lipinski definition) is 0. The lowest BCUT2D eigenvalue weighted by molar-refractivity contribution is 0.797. The van der Waals surface area contributed by atoms with Gasteiger partial charge in [-0.25, -0.2) is 0 Å². The van der Waals surface area contributed by atoms with Gasteiger partial charge in [0.05, 0.1) is 5.41 Å². The smallest absolute Gasteiger partial charge is 0.0645 e. The summed E-state index contributed by atoms with van der Waals surface area (Å²) in [5.74, 6) is 0. The largest absolute Gasteiger partial charge is 0.0653 e. The number of rotatable bonds is 0. The summed E-state index contributed by atoms with van der Waals surface area (Å²) >= 11 is 0. The zero-order valence-corrected chi connectivity index (χ0v) is 14.7. The lowest BCUT2D eigenvalue weighted by Crippen LogP contribution is -2.27. The van der Waals surface area contributed by atoms with Crippen LogP contribution in [0.1, 0.15) is 27.8 Å². The van der Waals surface area contributed by atoms with Gasteiger partial charge in [0.2, 0.25) is 0 Å². The molecule has 0 radical (unpaired) electrons. The molecule has 0 atom stereocenters. The van der Waals surface area contributed by atoms with Gasteiger partial charge in [-0.3, -0.25) is 0 Å². The molecule has 7 rings (SSSR count). The van der Waals surface area contributed by atoms with Crippen LogP contribution in [0, 0.1) is 0 Å². The maximum Gasteiger partial charge on any atom is 0.0653 e. The van der Waals surface area contributed by atoms with E-state index >= 15 is 0 Å². The van der Waals surface area contributed by atoms with Crippen LogP contribution in [0.25, 0.3) is 33.5 Å². The van der Waals surface area contributed by atoms with Crippen molar-refractivity contribution in [2.24, 2.45) is 0 Å². The van der Waals surface area contributed by atoms with Crippen molar-refractivity contribution >= 4 is 22.4 Å². The van der Waals surface area contributed by atoms with Gasteiger partial charge in [-0.15, -0.1) is 0 Å². The van der Waals surface area contributed by atoms with Gasteiger partial charge in [-0.1, -0.05) is 91.0 Å². The van der Waals surface area contributed by atoms with Crippen molar-refractivity contribution in [1.82, 2.24) is 0 Å². The molecule has 3 aliphatic rings. The van der Waals surface area contributed by atoms with Crippen LogP contribution in [0.4, 0.5) is 0 Å². The molecule has 1 spiro atoms. The van der Waals surface area contributed by atoms with E-state index in [9.17, 15) is 0 Å². The van der Waals surface area contributed by atoms with Crippen molar-refractivity contribution in [3.05, 3.63) is 119 Å². The molecule has 124 valence electrons. The van der Waals surface area contributed by atoms with Gasteiger partial charge < -0.3 is 0 Å². The first kappa shape index (κ1) is 13.8. The molecule has 0 heterocycles. The summed E-state index contributed by atoms with van der Waals surface area (Å²) < 4.78 is 0. The zero-order valence-electron chi connectivity index (χ0n) is 14.7. The fourth-order valence-corrected chi connectivity index (χ4v) is 5.57. The summed E-state index contributed by atoms with van der Waals surface area (Å²) in [6.45, 7) is 0. The summed E-state index contributed by atoms with van der Waals surface area (Å²) in [6.07, 6.45) is 7.13. The first-order chi connectivity index (χ1) is 13.4. The van der Waals surface area contributed by atoms with Crippen LogP contribution in [0.2, 0.25) is 0 Å². The SMILES string of the molecule is C1=CC2(c3ccccc3-c3ccccc32)c2ccc3cccc4c3c2C1=C4. The van der Waals surface area contributed by atoms with E-state index in [2.05, 4.69) is 97.1 Å². The standard InChI is InChI=1S/C27H16/c1-3-10-22-20(8-1)21-9-2-4-11-23(21)27(22)15-14-19-16-18-7-5-6-17-12-13-24(27)26(19)25(17)18/h1-16H. The van der Waals surface area contributed by atoms with Gasteiger partial charge in [0.15, 0.2) is 0 Å². The van der Waals surface area contributed by atoms with Gasteiger partial charge in [0.1, 0.15) is 0 Å². The summed E-state index contributed by atoms with van der Waals surface area (Å²) in [4.78, 5) is 0. The highest BCUT2D eigenvalue weighted by atomic mass is 14.5. The highest BCUT2D eigenvalue weighted by Crippen LogP contribution is 2.58. The molecule has 0 bridgehead atoms. The number of benzene rings is 4. The van der Waals surface area contributed by atoms with Crippen LogP contribution in [-0.2, 0) is 5.41 Å². The quantitative estimate of drug-likeness (QED) is 0.339. The van der Waals surface area contributed by atoms with Crippen LogP contribution in [0.3, 0.4) is 0 Å². The van der Waals surface area contributed by atoms with Gasteiger partial charge >= 0.3 is 0 Å². The Morgan fingerprint density at radius 1 is 0.593 bits per heavy atom. The zero-order chi connectivity index (χ0) is 17.6. The second-order valence-corrected chi connectivity index (χ2v) is 7.77. The monoisotopic (exact) mass is 340 g/mol. The Morgan fingerprint density at radius 2 is 1.33 bits per heavy atom. The lowest BCUT2D eigenvalue weighted by atomic mass is 9.67. The van der Waals surface area contributed by atoms with Crippen molar-refractivity contribution in [2.45, 2.75) is 5.41 Å². The van der Waals surface area contributed by atoms with Crippen molar-refractivity contribution in [3.63, 3.8) is 0 Å². The first-order valence-electron chi connectivity index (χ1n) is 9.55. The van der Waals surface area contributed by atoms with Crippen LogP contribution >= 0.6 is 0 Å². The Bertz CT molecular complexity index is 1320. The van der Waals surface area contributed by atoms with E-state index in [4.69, 9.17) is 0 Å². The molecule has 0 aliphatic heterocycles. The molecule has 0 nitrogen and oxygen atoms in total. The fraction of sp³-hybridized carbons (Fsp3) is 0.0370. The Balaban J connectivity index is 1.70. The highest BCUT2D eigenvalue weighted by Gasteiger charge is 2.46. The van der Waals surface area contributed by atoms with Crippen molar-refractivity contribution in [2.75, 3.05) is 0 Å². The predicted molar refractivity (Wildman–Crippen MR) is 113 cm³/mol. The average molecular weight is 340 g/mol. The van der Waals surface area contributed by atoms with Crippen LogP contribution in [-0.4, -0.2) is 0 Å². The molecular formula is C27H16. The minimum absolute atomic E-state index is 0.189. The average Bonchev–Trinajstić information content (AvgIpc) is 3.24. The van der Waals surface area contributed by atoms with E-state index in [-0.39, 0.29) is 5.41 Å². The van der Waals surface area contributed by atoms with Crippen LogP contribution in [0.15, 0.2) is 91.0 Å². The second-order valence-electron chi connectivity index (χ2n) is 7.77. The lowest BCUT2D eigenvalue weighted by Gasteiger charge is -2.34. The molecule has 0 saturated heterocycles. The van der Waals surface area contributed by atoms with Gasteiger partial charge in [0.25, 0.3) is 0 Å². The molecule has 0 amide bonds. The summed E-state index contributed by atoms with van der Waals surface area (Å²) in [7, 11) is 0. The molecule has 0 saturated carbocycles. The van der Waals surface area contributed by atoms with E-state index in [1.165, 1.54) is 55.3 Å². The molecule has 27 heavy (non-hydrogen) atoms. The Morgan fingerprint density at radius 3 is 2.11 bits per heavy atom. The van der Waals surface area contributed by atoms with Gasteiger partial charge in [0, 0.05) is 0 Å². The van der Waals surface area contributed by atoms with Crippen molar-refractivity contribution in [3.8, 4) is 11.1 Å². The number of fused-ring (bicyclic) bond motifs is 6. The second kappa shape index (κ2) is 4.47. The maximum absolute atomic E-state index is 2.43. The third kappa shape index (κ3) is 1.44. The molecule has 4 aromatic carbocycles. The van der Waals surface area contributed by atoms with E-state index in [0.29, 0.717) is 0 Å². The van der Waals surface area contributed by atoms with Crippen LogP contribution < -0.4 is 0 Å². The van der Waals surface area contributed by atoms with Crippen molar-refractivity contribution in [1.29, 1.82) is 0 Å². The molecular weight excluding hydrogens is 324 g/mol. The first-order valence-corrected chi connectivity index (χ1v) is 9.55. The van der Waals surface area contributed by atoms with E-state index in [1.807, 2.05) is 0 Å². The Kier molecular flexibility index (Phi) is 2.28. The van der Waals surface area contributed by atoms with Crippen LogP contribution in [0.5, 0.6) is 0 Å². The minimum atomic E-state index is -0.189. The third-order valence-electron chi connectivity index (χ3n) is 6.61. The topological polar surface area (TPSA) is 0 Å². The summed E-state index contributed by atoms with van der Waals surface area (Å²) in [6, 6.07) is 29.1. The van der Waals surface area contributed by atoms with Gasteiger partial charge in [-0.05, 0) is 61.4 Å². The summed E-state index contributed by atoms with van der Waals surface area (Å²) in [5.41, 5.74) is 10.9. The molecule has 0 unspecified atom stereocenters. The van der Waals surface area contributed by atoms with E-state index in [1.54, 1.807) is 0 Å².